The number of hydrogen-bond donors (Lipinski definition) is 0. The molecular weight excluding hydrogens is 592 g/mol. The van der Waals surface area contributed by atoms with E-state index in [0.29, 0.717) is 31.7 Å². The van der Waals surface area contributed by atoms with Gasteiger partial charge in [0, 0.05) is 0 Å². The zero-order valence-corrected chi connectivity index (χ0v) is 30.8. The number of ether oxygens (including phenoxy) is 1. The van der Waals surface area contributed by atoms with Gasteiger partial charge >= 0.3 is 17.1 Å². The molecule has 4 fully saturated rings. The second kappa shape index (κ2) is 21.1. The van der Waals surface area contributed by atoms with Gasteiger partial charge in [0.2, 0.25) is 0 Å². The maximum atomic E-state index is 7.43. The number of hydrogen-bond acceptors (Lipinski definition) is 1. The van der Waals surface area contributed by atoms with E-state index in [-0.39, 0.29) is 22.5 Å². The van der Waals surface area contributed by atoms with Crippen LogP contribution in [0, 0.1) is 47.9 Å². The summed E-state index contributed by atoms with van der Waals surface area (Å²) in [6.07, 6.45) is 28.4. The van der Waals surface area contributed by atoms with Crippen LogP contribution in [-0.4, -0.2) is 85.1 Å². The summed E-state index contributed by atoms with van der Waals surface area (Å²) in [4.78, 5) is 0. The SMILES string of the molecule is CP(C)CCP(C)C.CP(C)CCP(C)C.[C-]#CC12CC3CC(CC(C3)C1)C2.[C-]#Cc1ccc(OC)cc1.[Fe+2]. The van der Waals surface area contributed by atoms with Gasteiger partial charge in [-0.25, -0.2) is 0 Å². The minimum atomic E-state index is 0. The van der Waals surface area contributed by atoms with Crippen molar-refractivity contribution in [1.82, 2.24) is 0 Å². The molecule has 6 heteroatoms. The van der Waals surface area contributed by atoms with Crippen molar-refractivity contribution in [3.8, 4) is 17.6 Å². The molecule has 1 aromatic carbocycles. The van der Waals surface area contributed by atoms with Crippen molar-refractivity contribution in [2.45, 2.75) is 38.5 Å². The summed E-state index contributed by atoms with van der Waals surface area (Å²) in [5, 5.41) is 0. The molecule has 0 spiro atoms. The third-order valence-corrected chi connectivity index (χ3v) is 12.7. The molecule has 0 aliphatic heterocycles. The summed E-state index contributed by atoms with van der Waals surface area (Å²) in [7, 11) is 3.15. The van der Waals surface area contributed by atoms with Crippen LogP contribution < -0.4 is 4.74 Å². The van der Waals surface area contributed by atoms with Crippen molar-refractivity contribution in [2.24, 2.45) is 23.2 Å². The zero-order valence-electron chi connectivity index (χ0n) is 26.2. The fraction of sp³-hybridized carbons (Fsp3) is 0.697. The predicted octanol–water partition coefficient (Wildman–Crippen LogP) is 9.36. The fourth-order valence-corrected chi connectivity index (χ4v) is 12.1. The first-order chi connectivity index (χ1) is 17.9. The molecule has 4 aliphatic rings. The maximum Gasteiger partial charge on any atom is 2.00 e. The molecular formula is C33H54FeOP4. The van der Waals surface area contributed by atoms with Crippen LogP contribution in [0.3, 0.4) is 0 Å². The average molecular weight is 647 g/mol. The third kappa shape index (κ3) is 17.2. The Labute approximate surface area is 259 Å². The molecule has 0 saturated heterocycles. The van der Waals surface area contributed by atoms with E-state index in [1.165, 1.54) is 63.2 Å². The van der Waals surface area contributed by atoms with Crippen molar-refractivity contribution in [2.75, 3.05) is 85.1 Å². The molecule has 0 amide bonds. The topological polar surface area (TPSA) is 9.23 Å². The van der Waals surface area contributed by atoms with Gasteiger partial charge in [-0.2, -0.15) is 0 Å². The molecule has 0 aromatic heterocycles. The van der Waals surface area contributed by atoms with Crippen molar-refractivity contribution >= 4 is 31.7 Å². The van der Waals surface area contributed by atoms with E-state index >= 15 is 0 Å². The number of benzene rings is 1. The molecule has 4 saturated carbocycles. The van der Waals surface area contributed by atoms with Crippen LogP contribution in [0.15, 0.2) is 24.3 Å². The van der Waals surface area contributed by atoms with E-state index < -0.39 is 0 Å². The monoisotopic (exact) mass is 646 g/mol. The van der Waals surface area contributed by atoms with Crippen LogP contribution in [-0.2, 0) is 17.1 Å². The minimum Gasteiger partial charge on any atom is -0.693 e. The second-order valence-corrected chi connectivity index (χ2v) is 22.8. The first-order valence-corrected chi connectivity index (χ1v) is 23.7. The molecule has 1 nitrogen and oxygen atoms in total. The van der Waals surface area contributed by atoms with Crippen LogP contribution >= 0.6 is 31.7 Å². The second-order valence-electron chi connectivity index (χ2n) is 12.4. The molecule has 220 valence electrons. The summed E-state index contributed by atoms with van der Waals surface area (Å²) in [6.45, 7) is 18.8. The largest absolute Gasteiger partial charge is 2.00 e. The first kappa shape index (κ1) is 39.4. The molecule has 1 aromatic rings. The Morgan fingerprint density at radius 1 is 0.692 bits per heavy atom. The zero-order chi connectivity index (χ0) is 28.7. The molecule has 0 heterocycles. The van der Waals surface area contributed by atoms with Crippen LogP contribution in [0.2, 0.25) is 0 Å². The average Bonchev–Trinajstić information content (AvgIpc) is 2.87. The van der Waals surface area contributed by atoms with Crippen molar-refractivity contribution in [1.29, 1.82) is 0 Å². The van der Waals surface area contributed by atoms with Gasteiger partial charge in [0.05, 0.1) is 7.11 Å². The molecule has 0 radical (unpaired) electrons. The summed E-state index contributed by atoms with van der Waals surface area (Å²) < 4.78 is 4.92. The Morgan fingerprint density at radius 2 is 1.03 bits per heavy atom. The Morgan fingerprint density at radius 3 is 1.26 bits per heavy atom. The molecule has 0 atom stereocenters. The van der Waals surface area contributed by atoms with Gasteiger partial charge in [-0.3, -0.25) is 5.92 Å². The van der Waals surface area contributed by atoms with Gasteiger partial charge in [0.1, 0.15) is 5.75 Å². The Balaban J connectivity index is 0.000000500. The standard InChI is InChI=1S/C12H15.C9H7O.2C6H16P2.Fe/c1-2-12-6-9-3-10(7-12)5-11(4-9)8-12;1-3-8-4-6-9(10-2)7-5-8;2*1-7(2)5-6-8(3)4;/h9-11H,3-8H2;4-7H,2H3;2*5-6H2,1-4H3;/q2*-1;;;+2. The third-order valence-electron chi connectivity index (χ3n) is 7.53. The molecule has 0 unspecified atom stereocenters. The van der Waals surface area contributed by atoms with E-state index in [9.17, 15) is 0 Å². The van der Waals surface area contributed by atoms with Gasteiger partial charge in [-0.15, -0.1) is 49.4 Å². The van der Waals surface area contributed by atoms with Gasteiger partial charge in [0.15, 0.2) is 0 Å². The van der Waals surface area contributed by atoms with Crippen LogP contribution in [0.25, 0.3) is 0 Å². The van der Waals surface area contributed by atoms with Crippen molar-refractivity contribution in [3.63, 3.8) is 0 Å². The summed E-state index contributed by atoms with van der Waals surface area (Å²) in [6, 6.07) is 7.17. The van der Waals surface area contributed by atoms with E-state index in [1.807, 2.05) is 0 Å². The Bertz CT molecular complexity index is 785. The molecule has 0 N–H and O–H groups in total. The molecule has 4 aliphatic carbocycles. The molecule has 5 rings (SSSR count). The Kier molecular flexibility index (Phi) is 21.3. The van der Waals surface area contributed by atoms with E-state index in [4.69, 9.17) is 17.6 Å². The van der Waals surface area contributed by atoms with Crippen molar-refractivity contribution < 1.29 is 21.8 Å². The fourth-order valence-electron chi connectivity index (χ4n) is 5.74. The summed E-state index contributed by atoms with van der Waals surface area (Å²) >= 11 is 0. The molecule has 39 heavy (non-hydrogen) atoms. The smallest absolute Gasteiger partial charge is 0.693 e. The van der Waals surface area contributed by atoms with Gasteiger partial charge in [0.25, 0.3) is 0 Å². The van der Waals surface area contributed by atoms with Gasteiger partial charge in [-0.1, -0.05) is 0 Å². The van der Waals surface area contributed by atoms with Gasteiger partial charge < -0.3 is 23.5 Å². The molecule has 4 bridgehead atoms. The van der Waals surface area contributed by atoms with E-state index in [2.05, 4.69) is 65.2 Å². The van der Waals surface area contributed by atoms with E-state index in [0.717, 1.165) is 29.1 Å². The summed E-state index contributed by atoms with van der Waals surface area (Å²) in [5.74, 6) is 8.84. The Hall–Kier alpha value is 0.379. The minimum absolute atomic E-state index is 0. The van der Waals surface area contributed by atoms with Crippen LogP contribution in [0.5, 0.6) is 5.75 Å². The normalized spacial score (nSPS) is 23.8. The number of methoxy groups -OCH3 is 1. The van der Waals surface area contributed by atoms with E-state index in [1.54, 1.807) is 31.4 Å². The summed E-state index contributed by atoms with van der Waals surface area (Å²) in [5.41, 5.74) is 1.02. The maximum absolute atomic E-state index is 7.43. The quantitative estimate of drug-likeness (QED) is 0.124. The van der Waals surface area contributed by atoms with Crippen LogP contribution in [0.1, 0.15) is 44.1 Å². The first-order valence-electron chi connectivity index (χ1n) is 14.0. The van der Waals surface area contributed by atoms with Crippen molar-refractivity contribution in [3.05, 3.63) is 42.7 Å². The van der Waals surface area contributed by atoms with Gasteiger partial charge in [-0.05, 0) is 152 Å². The number of rotatable bonds is 7. The predicted molar refractivity (Wildman–Crippen MR) is 182 cm³/mol. The van der Waals surface area contributed by atoms with Crippen LogP contribution in [0.4, 0.5) is 0 Å².